The first-order valence-corrected chi connectivity index (χ1v) is 8.51. The molecule has 1 aliphatic heterocycles. The monoisotopic (exact) mass is 294 g/mol. The Morgan fingerprint density at radius 2 is 2.16 bits per heavy atom. The number of hydrogen-bond acceptors (Lipinski definition) is 5. The van der Waals surface area contributed by atoms with E-state index in [1.54, 1.807) is 11.3 Å². The molecule has 0 unspecified atom stereocenters. The van der Waals surface area contributed by atoms with Crippen LogP contribution in [0.25, 0.3) is 10.2 Å². The van der Waals surface area contributed by atoms with Crippen molar-refractivity contribution in [2.24, 2.45) is 0 Å². The van der Waals surface area contributed by atoms with E-state index in [0.717, 1.165) is 43.9 Å². The van der Waals surface area contributed by atoms with Gasteiger partial charge in [0.05, 0.1) is 10.2 Å². The number of thiazole rings is 1. The molecule has 2 aromatic rings. The van der Waals surface area contributed by atoms with Crippen LogP contribution in [0.1, 0.15) is 12.8 Å². The van der Waals surface area contributed by atoms with E-state index in [1.807, 2.05) is 17.8 Å². The molecule has 0 amide bonds. The summed E-state index contributed by atoms with van der Waals surface area (Å²) in [5.41, 5.74) is 1.12. The van der Waals surface area contributed by atoms with Crippen LogP contribution in [-0.2, 0) is 4.74 Å². The lowest BCUT2D eigenvalue weighted by Gasteiger charge is -2.22. The first-order valence-electron chi connectivity index (χ1n) is 6.71. The van der Waals surface area contributed by atoms with E-state index in [9.17, 15) is 0 Å². The lowest BCUT2D eigenvalue weighted by Crippen LogP contribution is -2.35. The van der Waals surface area contributed by atoms with Gasteiger partial charge in [-0.05, 0) is 25.0 Å². The summed E-state index contributed by atoms with van der Waals surface area (Å²) >= 11 is 3.64. The predicted molar refractivity (Wildman–Crippen MR) is 82.2 cm³/mol. The molecule has 3 rings (SSSR count). The zero-order chi connectivity index (χ0) is 12.9. The minimum Gasteiger partial charge on any atom is -0.381 e. The number of aromatic nitrogens is 1. The summed E-state index contributed by atoms with van der Waals surface area (Å²) in [6.07, 6.45) is 2.29. The molecule has 1 fully saturated rings. The minimum atomic E-state index is 0.643. The summed E-state index contributed by atoms with van der Waals surface area (Å²) in [5.74, 6) is 1.08. The van der Waals surface area contributed by atoms with Gasteiger partial charge in [0.2, 0.25) is 0 Å². The number of benzene rings is 1. The van der Waals surface area contributed by atoms with Crippen molar-refractivity contribution in [3.8, 4) is 0 Å². The van der Waals surface area contributed by atoms with E-state index in [-0.39, 0.29) is 0 Å². The van der Waals surface area contributed by atoms with Crippen molar-refractivity contribution in [3.05, 3.63) is 24.3 Å². The molecule has 0 atom stereocenters. The topological polar surface area (TPSA) is 34.1 Å². The van der Waals surface area contributed by atoms with Crippen LogP contribution in [0.15, 0.2) is 28.6 Å². The molecule has 102 valence electrons. The molecule has 3 nitrogen and oxygen atoms in total. The summed E-state index contributed by atoms with van der Waals surface area (Å²) in [4.78, 5) is 4.63. The molecule has 2 heterocycles. The van der Waals surface area contributed by atoms with Gasteiger partial charge in [-0.1, -0.05) is 23.9 Å². The summed E-state index contributed by atoms with van der Waals surface area (Å²) in [6.45, 7) is 2.86. The Bertz CT molecular complexity index is 490. The van der Waals surface area contributed by atoms with Gasteiger partial charge in [-0.25, -0.2) is 4.98 Å². The predicted octanol–water partition coefficient (Wildman–Crippen LogP) is 3.16. The van der Waals surface area contributed by atoms with Crippen LogP contribution >= 0.6 is 23.1 Å². The minimum absolute atomic E-state index is 0.643. The second-order valence-electron chi connectivity index (χ2n) is 4.64. The third kappa shape index (κ3) is 3.69. The quantitative estimate of drug-likeness (QED) is 0.678. The maximum atomic E-state index is 5.36. The maximum Gasteiger partial charge on any atom is 0.151 e. The van der Waals surface area contributed by atoms with Gasteiger partial charge < -0.3 is 10.1 Å². The van der Waals surface area contributed by atoms with Gasteiger partial charge in [0, 0.05) is 31.6 Å². The molecule has 0 spiro atoms. The molecular formula is C14H18N2OS2. The van der Waals surface area contributed by atoms with Crippen LogP contribution in [0.5, 0.6) is 0 Å². The van der Waals surface area contributed by atoms with E-state index in [1.165, 1.54) is 9.04 Å². The average Bonchev–Trinajstić information content (AvgIpc) is 2.87. The fourth-order valence-electron chi connectivity index (χ4n) is 2.22. The molecule has 0 bridgehead atoms. The van der Waals surface area contributed by atoms with Gasteiger partial charge in [-0.15, -0.1) is 11.3 Å². The van der Waals surface area contributed by atoms with E-state index in [2.05, 4.69) is 28.5 Å². The summed E-state index contributed by atoms with van der Waals surface area (Å²) in [6, 6.07) is 8.97. The molecule has 0 saturated carbocycles. The molecule has 1 aromatic heterocycles. The zero-order valence-corrected chi connectivity index (χ0v) is 12.4. The smallest absolute Gasteiger partial charge is 0.151 e. The van der Waals surface area contributed by atoms with Gasteiger partial charge in [0.25, 0.3) is 0 Å². The van der Waals surface area contributed by atoms with Crippen molar-refractivity contribution in [1.82, 2.24) is 10.3 Å². The SMILES string of the molecule is c1ccc2sc(SCCNC3CCOCC3)nc2c1. The number of nitrogens with one attached hydrogen (secondary N) is 1. The fourth-order valence-corrected chi connectivity index (χ4v) is 4.23. The van der Waals surface area contributed by atoms with E-state index < -0.39 is 0 Å². The van der Waals surface area contributed by atoms with Crippen LogP contribution in [-0.4, -0.2) is 36.5 Å². The highest BCUT2D eigenvalue weighted by Gasteiger charge is 2.12. The highest BCUT2D eigenvalue weighted by molar-refractivity contribution is 8.01. The summed E-state index contributed by atoms with van der Waals surface area (Å²) in [5, 5.41) is 3.60. The molecule has 5 heteroatoms. The Balaban J connectivity index is 1.44. The third-order valence-corrected chi connectivity index (χ3v) is 5.44. The van der Waals surface area contributed by atoms with Crippen LogP contribution < -0.4 is 5.32 Å². The Hall–Kier alpha value is -0.620. The Morgan fingerprint density at radius 3 is 3.00 bits per heavy atom. The second-order valence-corrected chi connectivity index (χ2v) is 7.01. The average molecular weight is 294 g/mol. The van der Waals surface area contributed by atoms with Gasteiger partial charge in [-0.2, -0.15) is 0 Å². The maximum absolute atomic E-state index is 5.36. The van der Waals surface area contributed by atoms with Crippen LogP contribution in [0.2, 0.25) is 0 Å². The highest BCUT2D eigenvalue weighted by atomic mass is 32.2. The van der Waals surface area contributed by atoms with Crippen LogP contribution in [0.4, 0.5) is 0 Å². The molecule has 1 saturated heterocycles. The first kappa shape index (κ1) is 13.4. The Kier molecular flexibility index (Phi) is 4.71. The molecule has 1 N–H and O–H groups in total. The molecular weight excluding hydrogens is 276 g/mol. The zero-order valence-electron chi connectivity index (χ0n) is 10.8. The number of fused-ring (bicyclic) bond motifs is 1. The van der Waals surface area contributed by atoms with Gasteiger partial charge in [0.15, 0.2) is 4.34 Å². The van der Waals surface area contributed by atoms with Gasteiger partial charge in [-0.3, -0.25) is 0 Å². The van der Waals surface area contributed by atoms with Crippen LogP contribution in [0.3, 0.4) is 0 Å². The second kappa shape index (κ2) is 6.70. The first-order chi connectivity index (χ1) is 9.42. The molecule has 0 radical (unpaired) electrons. The number of ether oxygens (including phenoxy) is 1. The number of hydrogen-bond donors (Lipinski definition) is 1. The standard InChI is InChI=1S/C14H18N2OS2/c1-2-4-13-12(3-1)16-14(19-13)18-10-7-15-11-5-8-17-9-6-11/h1-4,11,15H,5-10H2. The van der Waals surface area contributed by atoms with E-state index in [0.29, 0.717) is 6.04 Å². The molecule has 19 heavy (non-hydrogen) atoms. The molecule has 1 aromatic carbocycles. The fraction of sp³-hybridized carbons (Fsp3) is 0.500. The van der Waals surface area contributed by atoms with E-state index in [4.69, 9.17) is 4.74 Å². The largest absolute Gasteiger partial charge is 0.381 e. The molecule has 1 aliphatic rings. The third-order valence-electron chi connectivity index (χ3n) is 3.26. The normalized spacial score (nSPS) is 17.1. The van der Waals surface area contributed by atoms with Gasteiger partial charge in [0.1, 0.15) is 0 Å². The Morgan fingerprint density at radius 1 is 1.32 bits per heavy atom. The molecule has 0 aliphatic carbocycles. The van der Waals surface area contributed by atoms with Gasteiger partial charge >= 0.3 is 0 Å². The van der Waals surface area contributed by atoms with Crippen molar-refractivity contribution in [2.75, 3.05) is 25.5 Å². The number of thioether (sulfide) groups is 1. The number of para-hydroxylation sites is 1. The van der Waals surface area contributed by atoms with Crippen LogP contribution in [0, 0.1) is 0 Å². The van der Waals surface area contributed by atoms with Crippen molar-refractivity contribution in [3.63, 3.8) is 0 Å². The highest BCUT2D eigenvalue weighted by Crippen LogP contribution is 2.28. The number of rotatable bonds is 5. The lowest BCUT2D eigenvalue weighted by atomic mass is 10.1. The van der Waals surface area contributed by atoms with E-state index >= 15 is 0 Å². The van der Waals surface area contributed by atoms with Crippen molar-refractivity contribution >= 4 is 33.3 Å². The van der Waals surface area contributed by atoms with Crippen molar-refractivity contribution in [2.45, 2.75) is 23.2 Å². The Labute approximate surface area is 121 Å². The summed E-state index contributed by atoms with van der Waals surface area (Å²) in [7, 11) is 0. The lowest BCUT2D eigenvalue weighted by molar-refractivity contribution is 0.0786. The van der Waals surface area contributed by atoms with Crippen molar-refractivity contribution < 1.29 is 4.74 Å². The van der Waals surface area contributed by atoms with Crippen molar-refractivity contribution in [1.29, 1.82) is 0 Å². The number of nitrogens with zero attached hydrogens (tertiary/aromatic N) is 1. The summed E-state index contributed by atoms with van der Waals surface area (Å²) < 4.78 is 7.81.